The Bertz CT molecular complexity index is 384. The first-order valence-corrected chi connectivity index (χ1v) is 8.96. The second-order valence-electron chi connectivity index (χ2n) is 8.58. The monoisotopic (exact) mass is 309 g/mol. The highest BCUT2D eigenvalue weighted by atomic mass is 16.2. The van der Waals surface area contributed by atoms with E-state index in [0.717, 1.165) is 45.8 Å². The molecule has 0 spiro atoms. The number of hydrogen-bond acceptors (Lipinski definition) is 3. The third-order valence-corrected chi connectivity index (χ3v) is 5.31. The van der Waals surface area contributed by atoms with Crippen LogP contribution in [0.4, 0.5) is 0 Å². The molecule has 0 aromatic rings. The number of carbonyl (C=O) groups excluding carboxylic acids is 1. The van der Waals surface area contributed by atoms with Crippen LogP contribution in [0.15, 0.2) is 0 Å². The summed E-state index contributed by atoms with van der Waals surface area (Å²) in [7, 11) is 0. The number of hydrogen-bond donors (Lipinski definition) is 0. The summed E-state index contributed by atoms with van der Waals surface area (Å²) < 4.78 is 0. The molecule has 4 nitrogen and oxygen atoms in total. The fourth-order valence-corrected chi connectivity index (χ4v) is 3.87. The highest BCUT2D eigenvalue weighted by Gasteiger charge is 2.45. The molecule has 2 aliphatic rings. The van der Waals surface area contributed by atoms with E-state index in [2.05, 4.69) is 56.2 Å². The number of rotatable bonds is 4. The number of carbonyl (C=O) groups is 1. The number of nitrogens with zero attached hydrogens (tertiary/aromatic N) is 3. The standard InChI is InChI=1S/C18H35N3O/c1-14(2)11-19-7-9-20(10-8-19)17(22)16-12-21(15(3)4)13-18(16,5)6/h14-16H,7-13H2,1-6H3/t16-/m0/s1. The summed E-state index contributed by atoms with van der Waals surface area (Å²) in [5.74, 6) is 1.25. The van der Waals surface area contributed by atoms with E-state index in [4.69, 9.17) is 0 Å². The summed E-state index contributed by atoms with van der Waals surface area (Å²) in [5, 5.41) is 0. The minimum Gasteiger partial charge on any atom is -0.340 e. The van der Waals surface area contributed by atoms with Crippen LogP contribution in [0.25, 0.3) is 0 Å². The summed E-state index contributed by atoms with van der Waals surface area (Å²) >= 11 is 0. The van der Waals surface area contributed by atoms with Crippen molar-refractivity contribution >= 4 is 5.91 Å². The van der Waals surface area contributed by atoms with Crippen molar-refractivity contribution in [2.75, 3.05) is 45.8 Å². The van der Waals surface area contributed by atoms with E-state index in [0.29, 0.717) is 17.9 Å². The van der Waals surface area contributed by atoms with Gasteiger partial charge in [-0.15, -0.1) is 0 Å². The molecule has 0 radical (unpaired) electrons. The van der Waals surface area contributed by atoms with E-state index < -0.39 is 0 Å². The lowest BCUT2D eigenvalue weighted by Gasteiger charge is -2.38. The zero-order chi connectivity index (χ0) is 16.5. The van der Waals surface area contributed by atoms with Gasteiger partial charge in [-0.2, -0.15) is 0 Å². The van der Waals surface area contributed by atoms with E-state index in [1.165, 1.54) is 0 Å². The largest absolute Gasteiger partial charge is 0.340 e. The van der Waals surface area contributed by atoms with Crippen molar-refractivity contribution in [1.29, 1.82) is 0 Å². The van der Waals surface area contributed by atoms with Gasteiger partial charge in [0.2, 0.25) is 5.91 Å². The Morgan fingerprint density at radius 1 is 1.09 bits per heavy atom. The van der Waals surface area contributed by atoms with Gasteiger partial charge < -0.3 is 4.90 Å². The van der Waals surface area contributed by atoms with Gasteiger partial charge in [-0.3, -0.25) is 14.6 Å². The fraction of sp³-hybridized carbons (Fsp3) is 0.944. The van der Waals surface area contributed by atoms with Crippen LogP contribution in [0.3, 0.4) is 0 Å². The smallest absolute Gasteiger partial charge is 0.227 e. The first kappa shape index (κ1) is 17.7. The molecule has 1 atom stereocenters. The molecule has 0 saturated carbocycles. The second kappa shape index (κ2) is 6.88. The van der Waals surface area contributed by atoms with Crippen LogP contribution in [0.5, 0.6) is 0 Å². The van der Waals surface area contributed by atoms with Crippen molar-refractivity contribution in [3.05, 3.63) is 0 Å². The molecule has 2 saturated heterocycles. The van der Waals surface area contributed by atoms with Crippen molar-refractivity contribution in [2.45, 2.75) is 47.6 Å². The fourth-order valence-electron chi connectivity index (χ4n) is 3.87. The Balaban J connectivity index is 1.92. The van der Waals surface area contributed by atoms with Crippen LogP contribution >= 0.6 is 0 Å². The summed E-state index contributed by atoms with van der Waals surface area (Å²) in [6, 6.07) is 0.528. The minimum atomic E-state index is 0.0937. The Morgan fingerprint density at radius 3 is 2.14 bits per heavy atom. The SMILES string of the molecule is CC(C)CN1CCN(C(=O)[C@@H]2CN(C(C)C)CC2(C)C)CC1. The Kier molecular flexibility index (Phi) is 5.54. The quantitative estimate of drug-likeness (QED) is 0.796. The average molecular weight is 309 g/mol. The van der Waals surface area contributed by atoms with Crippen LogP contribution in [0.1, 0.15) is 41.5 Å². The van der Waals surface area contributed by atoms with Crippen LogP contribution in [-0.4, -0.2) is 72.5 Å². The zero-order valence-electron chi connectivity index (χ0n) is 15.4. The number of likely N-dealkylation sites (tertiary alicyclic amines) is 1. The van der Waals surface area contributed by atoms with Gasteiger partial charge in [0, 0.05) is 51.9 Å². The van der Waals surface area contributed by atoms with Crippen LogP contribution in [-0.2, 0) is 4.79 Å². The maximum absolute atomic E-state index is 13.0. The third-order valence-electron chi connectivity index (χ3n) is 5.31. The van der Waals surface area contributed by atoms with Gasteiger partial charge in [-0.05, 0) is 25.2 Å². The van der Waals surface area contributed by atoms with Crippen LogP contribution in [0.2, 0.25) is 0 Å². The Morgan fingerprint density at radius 2 is 1.68 bits per heavy atom. The topological polar surface area (TPSA) is 26.8 Å². The normalized spacial score (nSPS) is 27.1. The minimum absolute atomic E-state index is 0.0937. The molecule has 1 amide bonds. The molecule has 0 bridgehead atoms. The van der Waals surface area contributed by atoms with E-state index in [-0.39, 0.29) is 11.3 Å². The van der Waals surface area contributed by atoms with E-state index in [1.807, 2.05) is 0 Å². The number of piperazine rings is 1. The summed E-state index contributed by atoms with van der Waals surface area (Å²) in [5.41, 5.74) is 0.0937. The van der Waals surface area contributed by atoms with Crippen molar-refractivity contribution < 1.29 is 4.79 Å². The highest BCUT2D eigenvalue weighted by Crippen LogP contribution is 2.37. The van der Waals surface area contributed by atoms with Crippen molar-refractivity contribution in [2.24, 2.45) is 17.3 Å². The molecular weight excluding hydrogens is 274 g/mol. The average Bonchev–Trinajstić information content (AvgIpc) is 2.74. The van der Waals surface area contributed by atoms with Gasteiger partial charge in [-0.1, -0.05) is 27.7 Å². The first-order valence-electron chi connectivity index (χ1n) is 8.96. The molecule has 0 aliphatic carbocycles. The zero-order valence-corrected chi connectivity index (χ0v) is 15.4. The Hall–Kier alpha value is -0.610. The van der Waals surface area contributed by atoms with Gasteiger partial charge in [0.25, 0.3) is 0 Å². The summed E-state index contributed by atoms with van der Waals surface area (Å²) in [6.07, 6.45) is 0. The lowest BCUT2D eigenvalue weighted by molar-refractivity contribution is -0.139. The van der Waals surface area contributed by atoms with E-state index in [9.17, 15) is 4.79 Å². The molecule has 0 aromatic heterocycles. The molecule has 2 rings (SSSR count). The Labute approximate surface area is 136 Å². The van der Waals surface area contributed by atoms with Gasteiger partial charge >= 0.3 is 0 Å². The summed E-state index contributed by atoms with van der Waals surface area (Å²) in [4.78, 5) is 20.1. The maximum Gasteiger partial charge on any atom is 0.227 e. The number of amides is 1. The van der Waals surface area contributed by atoms with Crippen LogP contribution in [0, 0.1) is 17.3 Å². The molecular formula is C18H35N3O. The van der Waals surface area contributed by atoms with Gasteiger partial charge in [0.05, 0.1) is 5.92 Å². The first-order chi connectivity index (χ1) is 10.2. The molecule has 22 heavy (non-hydrogen) atoms. The van der Waals surface area contributed by atoms with Crippen molar-refractivity contribution in [3.63, 3.8) is 0 Å². The molecule has 2 aliphatic heterocycles. The lowest BCUT2D eigenvalue weighted by Crippen LogP contribution is -2.52. The van der Waals surface area contributed by atoms with Crippen LogP contribution < -0.4 is 0 Å². The van der Waals surface area contributed by atoms with Gasteiger partial charge in [-0.25, -0.2) is 0 Å². The van der Waals surface area contributed by atoms with Crippen molar-refractivity contribution in [1.82, 2.24) is 14.7 Å². The van der Waals surface area contributed by atoms with Gasteiger partial charge in [0.15, 0.2) is 0 Å². The van der Waals surface area contributed by atoms with Crippen molar-refractivity contribution in [3.8, 4) is 0 Å². The van der Waals surface area contributed by atoms with E-state index >= 15 is 0 Å². The van der Waals surface area contributed by atoms with E-state index in [1.54, 1.807) is 0 Å². The second-order valence-corrected chi connectivity index (χ2v) is 8.58. The molecule has 2 heterocycles. The molecule has 4 heteroatoms. The van der Waals surface area contributed by atoms with Gasteiger partial charge in [0.1, 0.15) is 0 Å². The lowest BCUT2D eigenvalue weighted by atomic mass is 9.81. The molecule has 2 fully saturated rings. The molecule has 0 aromatic carbocycles. The predicted molar refractivity (Wildman–Crippen MR) is 91.8 cm³/mol. The molecule has 128 valence electrons. The summed E-state index contributed by atoms with van der Waals surface area (Å²) in [6.45, 7) is 20.5. The third kappa shape index (κ3) is 4.02. The molecule has 0 unspecified atom stereocenters. The maximum atomic E-state index is 13.0. The molecule has 0 N–H and O–H groups in total. The predicted octanol–water partition coefficient (Wildman–Crippen LogP) is 2.15. The highest BCUT2D eigenvalue weighted by molar-refractivity contribution is 5.80.